The second-order valence-corrected chi connectivity index (χ2v) is 6.53. The Hall–Kier alpha value is -2.45. The summed E-state index contributed by atoms with van der Waals surface area (Å²) in [6, 6.07) is 12.3. The Morgan fingerprint density at radius 1 is 1.15 bits per heavy atom. The summed E-state index contributed by atoms with van der Waals surface area (Å²) < 4.78 is 31.8. The van der Waals surface area contributed by atoms with E-state index in [1.54, 1.807) is 41.3 Å². The predicted octanol–water partition coefficient (Wildman–Crippen LogP) is 5.06. The number of nitrogens with zero attached hydrogens (tertiary/aromatic N) is 2. The first kappa shape index (κ1) is 18.3. The number of hydrogen-bond donors (Lipinski definition) is 1. The van der Waals surface area contributed by atoms with Gasteiger partial charge in [0.1, 0.15) is 5.75 Å². The molecule has 0 aliphatic rings. The minimum Gasteiger partial charge on any atom is -0.420 e. The smallest absolute Gasteiger partial charge is 0.420 e. The molecule has 3 rings (SSSR count). The van der Waals surface area contributed by atoms with Crippen molar-refractivity contribution in [2.75, 3.05) is 5.32 Å². The molecule has 0 aliphatic heterocycles. The van der Waals surface area contributed by atoms with E-state index >= 15 is 0 Å². The number of hydrogen-bond acceptors (Lipinski definition) is 3. The highest BCUT2D eigenvalue weighted by molar-refractivity contribution is 9.10. The summed E-state index contributed by atoms with van der Waals surface area (Å²) in [6.07, 6.45) is 3.46. The summed E-state index contributed by atoms with van der Waals surface area (Å²) in [5, 5.41) is 6.82. The predicted molar refractivity (Wildman–Crippen MR) is 97.1 cm³/mol. The lowest BCUT2D eigenvalue weighted by Crippen LogP contribution is -2.15. The van der Waals surface area contributed by atoms with Crippen LogP contribution in [-0.2, 0) is 0 Å². The van der Waals surface area contributed by atoms with Crippen molar-refractivity contribution in [2.24, 2.45) is 0 Å². The molecule has 0 saturated heterocycles. The summed E-state index contributed by atoms with van der Waals surface area (Å²) in [5.41, 5.74) is -2.11. The highest BCUT2D eigenvalue weighted by atomic mass is 79.9. The van der Waals surface area contributed by atoms with Crippen LogP contribution in [0.25, 0.3) is 5.69 Å². The monoisotopic (exact) mass is 441 g/mol. The number of ether oxygens (including phenoxy) is 1. The molecule has 0 bridgehead atoms. The Labute approximate surface area is 160 Å². The van der Waals surface area contributed by atoms with Crippen molar-refractivity contribution in [1.82, 2.24) is 9.78 Å². The third kappa shape index (κ3) is 4.80. The molecule has 0 radical (unpaired) electrons. The van der Waals surface area contributed by atoms with Crippen molar-refractivity contribution < 1.29 is 18.3 Å². The first-order valence-electron chi connectivity index (χ1n) is 7.28. The molecule has 0 atom stereocenters. The van der Waals surface area contributed by atoms with Crippen LogP contribution in [0.2, 0.25) is 0 Å². The third-order valence-electron chi connectivity index (χ3n) is 3.29. The van der Waals surface area contributed by atoms with Gasteiger partial charge in [-0.15, -0.1) is 8.78 Å². The molecule has 3 aromatic rings. The Morgan fingerprint density at radius 3 is 2.35 bits per heavy atom. The number of amides is 1. The fraction of sp³-hybridized carbons (Fsp3) is 0.0588. The maximum Gasteiger partial charge on any atom is 0.487 e. The molecular weight excluding hydrogens is 432 g/mol. The van der Waals surface area contributed by atoms with Crippen LogP contribution in [-0.4, -0.2) is 21.3 Å². The first-order chi connectivity index (χ1) is 12.3. The zero-order valence-corrected chi connectivity index (χ0v) is 15.3. The van der Waals surface area contributed by atoms with Crippen LogP contribution >= 0.6 is 27.5 Å². The summed E-state index contributed by atoms with van der Waals surface area (Å²) in [6.45, 7) is 0. The minimum atomic E-state index is -3.78. The lowest BCUT2D eigenvalue weighted by atomic mass is 10.2. The van der Waals surface area contributed by atoms with Gasteiger partial charge in [0.05, 0.1) is 16.4 Å². The van der Waals surface area contributed by atoms with E-state index in [-0.39, 0.29) is 11.7 Å². The third-order valence-corrected chi connectivity index (χ3v) is 3.78. The van der Waals surface area contributed by atoms with Gasteiger partial charge >= 0.3 is 5.57 Å². The van der Waals surface area contributed by atoms with Crippen LogP contribution in [0.1, 0.15) is 10.4 Å². The summed E-state index contributed by atoms with van der Waals surface area (Å²) >= 11 is 8.02. The largest absolute Gasteiger partial charge is 0.487 e. The summed E-state index contributed by atoms with van der Waals surface area (Å²) in [7, 11) is 0. The van der Waals surface area contributed by atoms with Crippen molar-refractivity contribution in [3.8, 4) is 11.4 Å². The topological polar surface area (TPSA) is 56.1 Å². The van der Waals surface area contributed by atoms with Crippen LogP contribution in [0.15, 0.2) is 65.4 Å². The maximum atomic E-state index is 12.6. The Morgan fingerprint density at radius 2 is 1.81 bits per heavy atom. The molecule has 5 nitrogen and oxygen atoms in total. The zero-order valence-electron chi connectivity index (χ0n) is 13.0. The summed E-state index contributed by atoms with van der Waals surface area (Å²) in [5.74, 6) is -0.452. The normalized spacial score (nSPS) is 11.2. The van der Waals surface area contributed by atoms with Crippen molar-refractivity contribution in [2.45, 2.75) is 5.57 Å². The zero-order chi connectivity index (χ0) is 18.7. The molecule has 1 amide bonds. The Bertz CT molecular complexity index is 909. The van der Waals surface area contributed by atoms with Crippen molar-refractivity contribution in [3.63, 3.8) is 0 Å². The molecule has 0 spiro atoms. The molecule has 0 aliphatic carbocycles. The van der Waals surface area contributed by atoms with Gasteiger partial charge in [-0.3, -0.25) is 4.79 Å². The average molecular weight is 443 g/mol. The van der Waals surface area contributed by atoms with Crippen LogP contribution in [0.5, 0.6) is 5.75 Å². The van der Waals surface area contributed by atoms with Gasteiger partial charge in [-0.05, 0) is 64.5 Å². The van der Waals surface area contributed by atoms with E-state index in [9.17, 15) is 13.6 Å². The van der Waals surface area contributed by atoms with E-state index in [1.165, 1.54) is 24.3 Å². The molecule has 0 fully saturated rings. The molecule has 1 aromatic heterocycles. The minimum absolute atomic E-state index is 0.113. The number of rotatable bonds is 5. The second-order valence-electron chi connectivity index (χ2n) is 5.18. The van der Waals surface area contributed by atoms with Gasteiger partial charge in [0.15, 0.2) is 0 Å². The van der Waals surface area contributed by atoms with Crippen LogP contribution in [0.3, 0.4) is 0 Å². The van der Waals surface area contributed by atoms with Gasteiger partial charge in [0.2, 0.25) is 0 Å². The van der Waals surface area contributed by atoms with Gasteiger partial charge in [-0.1, -0.05) is 0 Å². The second kappa shape index (κ2) is 7.43. The summed E-state index contributed by atoms with van der Waals surface area (Å²) in [4.78, 5) is 12.3. The number of carbonyl (C=O) groups is 1. The highest BCUT2D eigenvalue weighted by Gasteiger charge is 2.27. The molecular formula is C17H11BrClF2N3O2. The van der Waals surface area contributed by atoms with E-state index in [1.807, 2.05) is 0 Å². The van der Waals surface area contributed by atoms with E-state index < -0.39 is 5.57 Å². The molecule has 134 valence electrons. The lowest BCUT2D eigenvalue weighted by Gasteiger charge is -2.11. The van der Waals surface area contributed by atoms with E-state index in [0.717, 1.165) is 10.2 Å². The van der Waals surface area contributed by atoms with Gasteiger partial charge in [0, 0.05) is 29.0 Å². The van der Waals surface area contributed by atoms with Gasteiger partial charge in [0.25, 0.3) is 5.91 Å². The first-order valence-corrected chi connectivity index (χ1v) is 8.45. The molecule has 26 heavy (non-hydrogen) atoms. The van der Waals surface area contributed by atoms with Crippen molar-refractivity contribution in [1.29, 1.82) is 0 Å². The molecule has 0 saturated carbocycles. The fourth-order valence-electron chi connectivity index (χ4n) is 2.15. The van der Waals surface area contributed by atoms with Gasteiger partial charge in [-0.25, -0.2) is 4.68 Å². The number of halogens is 4. The maximum absolute atomic E-state index is 12.6. The van der Waals surface area contributed by atoms with Crippen molar-refractivity contribution >= 4 is 39.1 Å². The lowest BCUT2D eigenvalue weighted by molar-refractivity contribution is -0.0964. The van der Waals surface area contributed by atoms with Gasteiger partial charge < -0.3 is 10.1 Å². The van der Waals surface area contributed by atoms with Crippen LogP contribution < -0.4 is 10.1 Å². The Kier molecular flexibility index (Phi) is 5.24. The molecule has 0 unspecified atom stereocenters. The number of nitrogens with one attached hydrogen (secondary N) is 1. The van der Waals surface area contributed by atoms with E-state index in [2.05, 4.69) is 31.1 Å². The van der Waals surface area contributed by atoms with Crippen molar-refractivity contribution in [3.05, 3.63) is 71.0 Å². The van der Waals surface area contributed by atoms with Crippen LogP contribution in [0, 0.1) is 0 Å². The highest BCUT2D eigenvalue weighted by Crippen LogP contribution is 2.26. The SMILES string of the molecule is O=C(Nc1ccc(OC(F)(F)Cl)cc1)c1ccc(-n2cc(Br)cn2)cc1. The van der Waals surface area contributed by atoms with Gasteiger partial charge in [-0.2, -0.15) is 5.10 Å². The standard InChI is InChI=1S/C17H11BrClF2N3O2/c18-12-9-22-24(10-12)14-5-1-11(2-6-14)16(25)23-13-3-7-15(8-4-13)26-17(19,20)21/h1-10H,(H,23,25). The Balaban J connectivity index is 1.66. The number of alkyl halides is 3. The number of aromatic nitrogens is 2. The van der Waals surface area contributed by atoms with Crippen LogP contribution in [0.4, 0.5) is 14.5 Å². The molecule has 2 aromatic carbocycles. The number of anilines is 1. The fourth-order valence-corrected chi connectivity index (χ4v) is 2.53. The quantitative estimate of drug-likeness (QED) is 0.562. The number of carbonyl (C=O) groups excluding carboxylic acids is 1. The average Bonchev–Trinajstić information content (AvgIpc) is 3.02. The molecule has 1 heterocycles. The number of benzene rings is 2. The van der Waals surface area contributed by atoms with E-state index in [0.29, 0.717) is 11.3 Å². The molecule has 1 N–H and O–H groups in total. The van der Waals surface area contributed by atoms with E-state index in [4.69, 9.17) is 11.6 Å². The molecule has 9 heteroatoms.